The van der Waals surface area contributed by atoms with Crippen LogP contribution in [0.25, 0.3) is 0 Å². The topological polar surface area (TPSA) is 99.2 Å². The van der Waals surface area contributed by atoms with E-state index in [9.17, 15) is 9.59 Å². The summed E-state index contributed by atoms with van der Waals surface area (Å²) in [7, 11) is 0. The third-order valence-corrected chi connectivity index (χ3v) is 2.61. The van der Waals surface area contributed by atoms with E-state index in [1.807, 2.05) is 6.92 Å². The third-order valence-electron chi connectivity index (χ3n) is 2.61. The average molecular weight is 268 g/mol. The van der Waals surface area contributed by atoms with Crippen LogP contribution in [0.3, 0.4) is 0 Å². The quantitative estimate of drug-likeness (QED) is 0.731. The van der Waals surface area contributed by atoms with E-state index in [0.717, 1.165) is 0 Å². The number of rotatable bonds is 6. The standard InChI is InChI=1S/C12H20N4O3/c1-4-16-11(10(13)8(3)15-16)12(18)14-7-6-9(17)19-5-2/h4-7,13H2,1-3H3,(H,14,18). The monoisotopic (exact) mass is 268 g/mol. The first-order valence-corrected chi connectivity index (χ1v) is 6.27. The zero-order valence-electron chi connectivity index (χ0n) is 11.5. The molecule has 3 N–H and O–H groups in total. The molecular weight excluding hydrogens is 248 g/mol. The number of hydrogen-bond acceptors (Lipinski definition) is 5. The Hall–Kier alpha value is -2.05. The summed E-state index contributed by atoms with van der Waals surface area (Å²) in [5.41, 5.74) is 7.15. The van der Waals surface area contributed by atoms with Crippen molar-refractivity contribution in [2.45, 2.75) is 33.7 Å². The molecule has 0 bridgehead atoms. The molecule has 106 valence electrons. The average Bonchev–Trinajstić information content (AvgIpc) is 2.65. The molecule has 7 nitrogen and oxygen atoms in total. The van der Waals surface area contributed by atoms with Gasteiger partial charge in [0, 0.05) is 13.1 Å². The van der Waals surface area contributed by atoms with Crippen molar-refractivity contribution in [1.82, 2.24) is 15.1 Å². The summed E-state index contributed by atoms with van der Waals surface area (Å²) in [6.07, 6.45) is 0.138. The summed E-state index contributed by atoms with van der Waals surface area (Å²) < 4.78 is 6.32. The van der Waals surface area contributed by atoms with Crippen LogP contribution in [-0.2, 0) is 16.1 Å². The summed E-state index contributed by atoms with van der Waals surface area (Å²) in [4.78, 5) is 23.1. The number of carbonyl (C=O) groups excluding carboxylic acids is 2. The molecule has 0 fully saturated rings. The van der Waals surface area contributed by atoms with Crippen LogP contribution < -0.4 is 11.1 Å². The van der Waals surface area contributed by atoms with Crippen LogP contribution >= 0.6 is 0 Å². The van der Waals surface area contributed by atoms with Gasteiger partial charge < -0.3 is 15.8 Å². The summed E-state index contributed by atoms with van der Waals surface area (Å²) in [6.45, 7) is 6.46. The maximum Gasteiger partial charge on any atom is 0.307 e. The van der Waals surface area contributed by atoms with Crippen LogP contribution in [0, 0.1) is 6.92 Å². The SMILES string of the molecule is CCOC(=O)CCNC(=O)c1c(N)c(C)nn1CC. The maximum atomic E-state index is 12.0. The molecule has 19 heavy (non-hydrogen) atoms. The van der Waals surface area contributed by atoms with Gasteiger partial charge in [-0.25, -0.2) is 0 Å². The number of aromatic nitrogens is 2. The molecule has 0 spiro atoms. The molecule has 0 aliphatic rings. The molecule has 0 saturated heterocycles. The third kappa shape index (κ3) is 3.70. The van der Waals surface area contributed by atoms with Gasteiger partial charge in [0.15, 0.2) is 0 Å². The van der Waals surface area contributed by atoms with Crippen molar-refractivity contribution in [3.63, 3.8) is 0 Å². The highest BCUT2D eigenvalue weighted by Gasteiger charge is 2.18. The predicted octanol–water partition coefficient (Wildman–Crippen LogP) is 0.477. The molecule has 0 atom stereocenters. The number of hydrogen-bond donors (Lipinski definition) is 2. The number of nitrogens with zero attached hydrogens (tertiary/aromatic N) is 2. The fourth-order valence-corrected chi connectivity index (χ4v) is 1.66. The Labute approximate surface area is 112 Å². The number of aryl methyl sites for hydroxylation is 2. The zero-order chi connectivity index (χ0) is 14.4. The lowest BCUT2D eigenvalue weighted by Crippen LogP contribution is -2.29. The molecule has 1 amide bonds. The minimum atomic E-state index is -0.337. The van der Waals surface area contributed by atoms with Crippen LogP contribution in [0.15, 0.2) is 0 Å². The first-order chi connectivity index (χ1) is 9.01. The second-order valence-corrected chi connectivity index (χ2v) is 3.97. The number of anilines is 1. The van der Waals surface area contributed by atoms with E-state index in [-0.39, 0.29) is 24.8 Å². The largest absolute Gasteiger partial charge is 0.466 e. The van der Waals surface area contributed by atoms with E-state index in [1.54, 1.807) is 18.5 Å². The van der Waals surface area contributed by atoms with Gasteiger partial charge in [-0.15, -0.1) is 0 Å². The van der Waals surface area contributed by atoms with Gasteiger partial charge in [-0.3, -0.25) is 14.3 Å². The van der Waals surface area contributed by atoms with Gasteiger partial charge in [0.25, 0.3) is 5.91 Å². The van der Waals surface area contributed by atoms with E-state index >= 15 is 0 Å². The lowest BCUT2D eigenvalue weighted by atomic mass is 10.3. The van der Waals surface area contributed by atoms with E-state index in [2.05, 4.69) is 10.4 Å². The Balaban J connectivity index is 2.61. The minimum Gasteiger partial charge on any atom is -0.466 e. The second kappa shape index (κ2) is 6.77. The molecule has 7 heteroatoms. The normalized spacial score (nSPS) is 10.3. The van der Waals surface area contributed by atoms with Gasteiger partial charge >= 0.3 is 5.97 Å². The molecule has 1 rings (SSSR count). The van der Waals surface area contributed by atoms with Crippen molar-refractivity contribution in [2.75, 3.05) is 18.9 Å². The van der Waals surface area contributed by atoms with Crippen molar-refractivity contribution >= 4 is 17.6 Å². The van der Waals surface area contributed by atoms with Gasteiger partial charge in [-0.05, 0) is 20.8 Å². The Morgan fingerprint density at radius 3 is 2.68 bits per heavy atom. The van der Waals surface area contributed by atoms with Crippen molar-refractivity contribution in [1.29, 1.82) is 0 Å². The molecule has 0 aliphatic carbocycles. The molecular formula is C12H20N4O3. The number of ether oxygens (including phenoxy) is 1. The Morgan fingerprint density at radius 2 is 2.11 bits per heavy atom. The smallest absolute Gasteiger partial charge is 0.307 e. The van der Waals surface area contributed by atoms with Crippen LogP contribution in [0.5, 0.6) is 0 Å². The first-order valence-electron chi connectivity index (χ1n) is 6.27. The Bertz CT molecular complexity index is 468. The van der Waals surface area contributed by atoms with Crippen molar-refractivity contribution in [3.05, 3.63) is 11.4 Å². The summed E-state index contributed by atoms with van der Waals surface area (Å²) in [6, 6.07) is 0. The van der Waals surface area contributed by atoms with Crippen LogP contribution in [0.2, 0.25) is 0 Å². The van der Waals surface area contributed by atoms with Crippen molar-refractivity contribution < 1.29 is 14.3 Å². The number of nitrogens with two attached hydrogens (primary N) is 1. The van der Waals surface area contributed by atoms with Gasteiger partial charge in [0.2, 0.25) is 0 Å². The van der Waals surface area contributed by atoms with E-state index in [1.165, 1.54) is 0 Å². The highest BCUT2D eigenvalue weighted by Crippen LogP contribution is 2.15. The number of amides is 1. The number of carbonyl (C=O) groups is 2. The van der Waals surface area contributed by atoms with Crippen molar-refractivity contribution in [3.8, 4) is 0 Å². The molecule has 0 aromatic carbocycles. The minimum absolute atomic E-state index is 0.138. The van der Waals surface area contributed by atoms with Gasteiger partial charge in [-0.2, -0.15) is 5.10 Å². The number of esters is 1. The highest BCUT2D eigenvalue weighted by molar-refractivity contribution is 5.98. The van der Waals surface area contributed by atoms with Gasteiger partial charge in [-0.1, -0.05) is 0 Å². The lowest BCUT2D eigenvalue weighted by Gasteiger charge is -2.07. The van der Waals surface area contributed by atoms with Crippen LogP contribution in [-0.4, -0.2) is 34.8 Å². The van der Waals surface area contributed by atoms with E-state index in [0.29, 0.717) is 30.2 Å². The molecule has 0 unspecified atom stereocenters. The number of nitrogen functional groups attached to an aromatic ring is 1. The summed E-state index contributed by atoms with van der Waals surface area (Å²) in [5, 5.41) is 6.80. The molecule has 0 radical (unpaired) electrons. The maximum absolute atomic E-state index is 12.0. The fourth-order valence-electron chi connectivity index (χ4n) is 1.66. The van der Waals surface area contributed by atoms with Crippen LogP contribution in [0.4, 0.5) is 5.69 Å². The van der Waals surface area contributed by atoms with E-state index in [4.69, 9.17) is 10.5 Å². The molecule has 1 heterocycles. The zero-order valence-corrected chi connectivity index (χ0v) is 11.5. The fraction of sp³-hybridized carbons (Fsp3) is 0.583. The first kappa shape index (κ1) is 15.0. The number of nitrogens with one attached hydrogen (secondary N) is 1. The second-order valence-electron chi connectivity index (χ2n) is 3.97. The molecule has 1 aromatic rings. The molecule has 0 aliphatic heterocycles. The van der Waals surface area contributed by atoms with Crippen LogP contribution in [0.1, 0.15) is 36.5 Å². The van der Waals surface area contributed by atoms with Crippen molar-refractivity contribution in [2.24, 2.45) is 0 Å². The highest BCUT2D eigenvalue weighted by atomic mass is 16.5. The summed E-state index contributed by atoms with van der Waals surface area (Å²) >= 11 is 0. The Morgan fingerprint density at radius 1 is 1.42 bits per heavy atom. The van der Waals surface area contributed by atoms with E-state index < -0.39 is 0 Å². The predicted molar refractivity (Wildman–Crippen MR) is 70.6 cm³/mol. The lowest BCUT2D eigenvalue weighted by molar-refractivity contribution is -0.142. The molecule has 0 saturated carbocycles. The van der Waals surface area contributed by atoms with Gasteiger partial charge in [0.05, 0.1) is 24.4 Å². The summed E-state index contributed by atoms with van der Waals surface area (Å²) in [5.74, 6) is -0.666. The van der Waals surface area contributed by atoms with Gasteiger partial charge in [0.1, 0.15) is 5.69 Å². The molecule has 1 aromatic heterocycles. The Kier molecular flexibility index (Phi) is 5.35.